The van der Waals surface area contributed by atoms with E-state index in [9.17, 15) is 0 Å². The van der Waals surface area contributed by atoms with E-state index in [0.717, 1.165) is 41.7 Å². The van der Waals surface area contributed by atoms with Gasteiger partial charge in [0.1, 0.15) is 5.15 Å². The van der Waals surface area contributed by atoms with Crippen LogP contribution in [0.25, 0.3) is 16.9 Å². The van der Waals surface area contributed by atoms with Crippen LogP contribution in [0.15, 0.2) is 42.6 Å². The van der Waals surface area contributed by atoms with Crippen molar-refractivity contribution in [2.45, 2.75) is 26.2 Å². The van der Waals surface area contributed by atoms with Gasteiger partial charge in [0, 0.05) is 17.2 Å². The molecule has 3 aromatic rings. The minimum absolute atomic E-state index is 0.594. The molecule has 1 aromatic carbocycles. The van der Waals surface area contributed by atoms with E-state index in [-0.39, 0.29) is 0 Å². The van der Waals surface area contributed by atoms with Gasteiger partial charge >= 0.3 is 0 Å². The van der Waals surface area contributed by atoms with Crippen LogP contribution in [0.2, 0.25) is 5.15 Å². The number of benzene rings is 1. The van der Waals surface area contributed by atoms with E-state index in [2.05, 4.69) is 12.0 Å². The van der Waals surface area contributed by atoms with Crippen LogP contribution in [0.4, 0.5) is 0 Å². The summed E-state index contributed by atoms with van der Waals surface area (Å²) in [6.45, 7) is 2.18. The average Bonchev–Trinajstić information content (AvgIpc) is 2.89. The fraction of sp³-hybridized carbons (Fsp3) is 0.250. The predicted octanol–water partition coefficient (Wildman–Crippen LogP) is 4.39. The monoisotopic (exact) mass is 285 g/mol. The quantitative estimate of drug-likeness (QED) is 0.665. The Morgan fingerprint density at radius 2 is 2.00 bits per heavy atom. The minimum atomic E-state index is 0.594. The first-order valence-electron chi connectivity index (χ1n) is 6.88. The Morgan fingerprint density at radius 1 is 1.20 bits per heavy atom. The molecular formula is C16H16ClN3. The Morgan fingerprint density at radius 3 is 2.75 bits per heavy atom. The molecule has 20 heavy (non-hydrogen) atoms. The van der Waals surface area contributed by atoms with E-state index in [1.807, 2.05) is 42.6 Å². The summed E-state index contributed by atoms with van der Waals surface area (Å²) in [6.07, 6.45) is 5.15. The lowest BCUT2D eigenvalue weighted by atomic mass is 10.1. The minimum Gasteiger partial charge on any atom is -0.228 e. The molecule has 0 fully saturated rings. The van der Waals surface area contributed by atoms with Crippen LogP contribution in [0, 0.1) is 0 Å². The smallest absolute Gasteiger partial charge is 0.160 e. The average molecular weight is 286 g/mol. The van der Waals surface area contributed by atoms with Gasteiger partial charge in [0.2, 0.25) is 0 Å². The number of nitrogens with zero attached hydrogens (tertiary/aromatic N) is 3. The standard InChI is InChI=1S/C16H16ClN3/c1-2-3-7-13-11-18-20-15(17)10-14(19-16(13)20)12-8-5-4-6-9-12/h4-6,8-11H,2-3,7H2,1H3. The zero-order chi connectivity index (χ0) is 13.9. The first kappa shape index (κ1) is 13.1. The van der Waals surface area contributed by atoms with E-state index < -0.39 is 0 Å². The summed E-state index contributed by atoms with van der Waals surface area (Å²) in [6, 6.07) is 11.9. The summed E-state index contributed by atoms with van der Waals surface area (Å²) in [5.41, 5.74) is 3.98. The molecule has 2 heterocycles. The Kier molecular flexibility index (Phi) is 3.70. The summed E-state index contributed by atoms with van der Waals surface area (Å²) in [5, 5.41) is 4.92. The highest BCUT2D eigenvalue weighted by atomic mass is 35.5. The third-order valence-electron chi connectivity index (χ3n) is 3.37. The molecule has 0 atom stereocenters. The van der Waals surface area contributed by atoms with Crippen molar-refractivity contribution in [1.29, 1.82) is 0 Å². The van der Waals surface area contributed by atoms with Gasteiger partial charge in [-0.25, -0.2) is 9.50 Å². The summed E-state index contributed by atoms with van der Waals surface area (Å²) in [5.74, 6) is 0. The van der Waals surface area contributed by atoms with E-state index in [1.54, 1.807) is 4.52 Å². The van der Waals surface area contributed by atoms with E-state index >= 15 is 0 Å². The molecule has 0 amide bonds. The molecule has 102 valence electrons. The van der Waals surface area contributed by atoms with Gasteiger partial charge in [0.15, 0.2) is 5.65 Å². The van der Waals surface area contributed by atoms with Crippen LogP contribution in [-0.4, -0.2) is 14.6 Å². The van der Waals surface area contributed by atoms with Crippen molar-refractivity contribution in [3.8, 4) is 11.3 Å². The first-order chi connectivity index (χ1) is 9.79. The van der Waals surface area contributed by atoms with Crippen LogP contribution >= 0.6 is 11.6 Å². The fourth-order valence-corrected chi connectivity index (χ4v) is 2.50. The Balaban J connectivity index is 2.11. The molecule has 0 N–H and O–H groups in total. The highest BCUT2D eigenvalue weighted by Gasteiger charge is 2.11. The van der Waals surface area contributed by atoms with Gasteiger partial charge in [0.25, 0.3) is 0 Å². The number of fused-ring (bicyclic) bond motifs is 1. The second-order valence-electron chi connectivity index (χ2n) is 4.84. The molecule has 0 bridgehead atoms. The number of hydrogen-bond donors (Lipinski definition) is 0. The molecule has 0 unspecified atom stereocenters. The number of aryl methyl sites for hydroxylation is 1. The van der Waals surface area contributed by atoms with Crippen molar-refractivity contribution in [2.75, 3.05) is 0 Å². The summed E-state index contributed by atoms with van der Waals surface area (Å²) in [4.78, 5) is 4.74. The molecule has 2 aromatic heterocycles. The highest BCUT2D eigenvalue weighted by Crippen LogP contribution is 2.24. The zero-order valence-electron chi connectivity index (χ0n) is 11.4. The molecule has 0 spiro atoms. The van der Waals surface area contributed by atoms with Gasteiger partial charge < -0.3 is 0 Å². The number of aromatic nitrogens is 3. The molecule has 3 rings (SSSR count). The Hall–Kier alpha value is -1.87. The van der Waals surface area contributed by atoms with E-state index in [0.29, 0.717) is 5.15 Å². The van der Waals surface area contributed by atoms with Crippen LogP contribution in [0.5, 0.6) is 0 Å². The summed E-state index contributed by atoms with van der Waals surface area (Å²) >= 11 is 6.32. The van der Waals surface area contributed by atoms with Gasteiger partial charge in [0.05, 0.1) is 11.9 Å². The van der Waals surface area contributed by atoms with Crippen molar-refractivity contribution in [3.05, 3.63) is 53.3 Å². The molecule has 0 saturated heterocycles. The number of rotatable bonds is 4. The third kappa shape index (κ3) is 2.41. The van der Waals surface area contributed by atoms with Crippen molar-refractivity contribution < 1.29 is 0 Å². The second-order valence-corrected chi connectivity index (χ2v) is 5.23. The SMILES string of the molecule is CCCCc1cnn2c(Cl)cc(-c3ccccc3)nc12. The maximum atomic E-state index is 6.32. The van der Waals surface area contributed by atoms with Crippen molar-refractivity contribution in [1.82, 2.24) is 14.6 Å². The number of hydrogen-bond acceptors (Lipinski definition) is 2. The lowest BCUT2D eigenvalue weighted by molar-refractivity contribution is 0.797. The van der Waals surface area contributed by atoms with Crippen molar-refractivity contribution in [3.63, 3.8) is 0 Å². The van der Waals surface area contributed by atoms with Crippen LogP contribution < -0.4 is 0 Å². The summed E-state index contributed by atoms with van der Waals surface area (Å²) in [7, 11) is 0. The predicted molar refractivity (Wildman–Crippen MR) is 82.0 cm³/mol. The third-order valence-corrected chi connectivity index (χ3v) is 3.64. The topological polar surface area (TPSA) is 30.2 Å². The van der Waals surface area contributed by atoms with Gasteiger partial charge in [-0.2, -0.15) is 5.10 Å². The molecule has 4 heteroatoms. The van der Waals surface area contributed by atoms with Gasteiger partial charge in [-0.05, 0) is 12.8 Å². The number of halogens is 1. The Bertz CT molecular complexity index is 719. The molecule has 3 nitrogen and oxygen atoms in total. The molecule has 0 saturated carbocycles. The second kappa shape index (κ2) is 5.63. The molecule has 0 radical (unpaired) electrons. The lowest BCUT2D eigenvalue weighted by Crippen LogP contribution is -1.96. The van der Waals surface area contributed by atoms with Gasteiger partial charge in [-0.1, -0.05) is 55.3 Å². The van der Waals surface area contributed by atoms with Crippen LogP contribution in [-0.2, 0) is 6.42 Å². The molecule has 0 aliphatic heterocycles. The largest absolute Gasteiger partial charge is 0.228 e. The highest BCUT2D eigenvalue weighted by molar-refractivity contribution is 6.30. The fourth-order valence-electron chi connectivity index (χ4n) is 2.27. The normalized spacial score (nSPS) is 11.1. The van der Waals surface area contributed by atoms with Crippen molar-refractivity contribution in [2.24, 2.45) is 0 Å². The van der Waals surface area contributed by atoms with Crippen molar-refractivity contribution >= 4 is 17.2 Å². The maximum Gasteiger partial charge on any atom is 0.160 e. The summed E-state index contributed by atoms with van der Waals surface area (Å²) < 4.78 is 1.71. The van der Waals surface area contributed by atoms with Gasteiger partial charge in [-0.3, -0.25) is 0 Å². The Labute approximate surface area is 123 Å². The maximum absolute atomic E-state index is 6.32. The molecular weight excluding hydrogens is 270 g/mol. The first-order valence-corrected chi connectivity index (χ1v) is 7.26. The number of unbranched alkanes of at least 4 members (excludes halogenated alkanes) is 1. The van der Waals surface area contributed by atoms with Crippen LogP contribution in [0.1, 0.15) is 25.3 Å². The van der Waals surface area contributed by atoms with Crippen LogP contribution in [0.3, 0.4) is 0 Å². The lowest BCUT2D eigenvalue weighted by Gasteiger charge is -2.05. The van der Waals surface area contributed by atoms with Gasteiger partial charge in [-0.15, -0.1) is 0 Å². The molecule has 0 aliphatic carbocycles. The van der Waals surface area contributed by atoms with E-state index in [1.165, 1.54) is 0 Å². The molecule has 0 aliphatic rings. The zero-order valence-corrected chi connectivity index (χ0v) is 12.1. The van der Waals surface area contributed by atoms with E-state index in [4.69, 9.17) is 16.6 Å².